The van der Waals surface area contributed by atoms with E-state index in [1.165, 1.54) is 0 Å². The van der Waals surface area contributed by atoms with Crippen molar-refractivity contribution < 1.29 is 4.79 Å². The van der Waals surface area contributed by atoms with Gasteiger partial charge in [0.1, 0.15) is 0 Å². The largest absolute Gasteiger partial charge is 0.342 e. The van der Waals surface area contributed by atoms with Gasteiger partial charge in [-0.15, -0.1) is 0 Å². The van der Waals surface area contributed by atoms with E-state index in [1.54, 1.807) is 6.07 Å². The highest BCUT2D eigenvalue weighted by atomic mass is 16.2. The van der Waals surface area contributed by atoms with Crippen LogP contribution in [0, 0.1) is 5.92 Å². The van der Waals surface area contributed by atoms with Crippen LogP contribution in [0.3, 0.4) is 0 Å². The van der Waals surface area contributed by atoms with E-state index in [9.17, 15) is 9.59 Å². The monoisotopic (exact) mass is 274 g/mol. The summed E-state index contributed by atoms with van der Waals surface area (Å²) >= 11 is 0. The number of fused-ring (bicyclic) bond motifs is 4. The predicted octanol–water partition coefficient (Wildman–Crippen LogP) is 1.98. The summed E-state index contributed by atoms with van der Waals surface area (Å²) in [4.78, 5) is 26.2. The standard InChI is InChI=1S/C16H22N2O2/c1-2-3-6-15(19)17-9-12-8-13(11-17)14-5-4-7-16(20)18(14)10-12/h4-5,7,12-13H,2-3,6,8-11H2,1H3/t12-,13-/m0/s1. The summed E-state index contributed by atoms with van der Waals surface area (Å²) in [7, 11) is 0. The van der Waals surface area contributed by atoms with E-state index in [-0.39, 0.29) is 11.5 Å². The molecule has 4 heteroatoms. The Hall–Kier alpha value is -1.58. The fraction of sp³-hybridized carbons (Fsp3) is 0.625. The first-order valence-corrected chi connectivity index (χ1v) is 7.66. The molecule has 3 rings (SSSR count). The summed E-state index contributed by atoms with van der Waals surface area (Å²) in [5.74, 6) is 1.06. The molecule has 2 aliphatic rings. The lowest BCUT2D eigenvalue weighted by atomic mass is 9.83. The minimum absolute atomic E-state index is 0.1000. The minimum Gasteiger partial charge on any atom is -0.342 e. The van der Waals surface area contributed by atoms with Crippen LogP contribution in [0.5, 0.6) is 0 Å². The lowest BCUT2D eigenvalue weighted by Gasteiger charge is -2.42. The third kappa shape index (κ3) is 2.39. The lowest BCUT2D eigenvalue weighted by molar-refractivity contribution is -0.134. The van der Waals surface area contributed by atoms with Crippen molar-refractivity contribution in [2.45, 2.75) is 45.1 Å². The lowest BCUT2D eigenvalue weighted by Crippen LogP contribution is -2.49. The second kappa shape index (κ2) is 5.43. The number of rotatable bonds is 3. The van der Waals surface area contributed by atoms with Crippen LogP contribution in [-0.2, 0) is 11.3 Å². The molecular formula is C16H22N2O2. The fourth-order valence-electron chi connectivity index (χ4n) is 3.59. The Balaban J connectivity index is 1.80. The van der Waals surface area contributed by atoms with Crippen molar-refractivity contribution in [1.29, 1.82) is 0 Å². The summed E-state index contributed by atoms with van der Waals surface area (Å²) < 4.78 is 1.91. The Morgan fingerprint density at radius 3 is 2.95 bits per heavy atom. The molecule has 108 valence electrons. The first-order valence-electron chi connectivity index (χ1n) is 7.66. The molecule has 0 aliphatic carbocycles. The molecule has 2 atom stereocenters. The molecule has 0 aromatic carbocycles. The van der Waals surface area contributed by atoms with Crippen molar-refractivity contribution in [1.82, 2.24) is 9.47 Å². The van der Waals surface area contributed by atoms with Crippen molar-refractivity contribution in [2.75, 3.05) is 13.1 Å². The van der Waals surface area contributed by atoms with Gasteiger partial charge in [0.15, 0.2) is 0 Å². The topological polar surface area (TPSA) is 42.3 Å². The summed E-state index contributed by atoms with van der Waals surface area (Å²) in [6.07, 6.45) is 3.81. The molecule has 2 bridgehead atoms. The molecule has 0 spiro atoms. The van der Waals surface area contributed by atoms with Crippen LogP contribution in [-0.4, -0.2) is 28.5 Å². The zero-order chi connectivity index (χ0) is 14.1. The molecule has 3 heterocycles. The molecule has 1 aromatic heterocycles. The Morgan fingerprint density at radius 2 is 2.15 bits per heavy atom. The van der Waals surface area contributed by atoms with Crippen LogP contribution in [0.2, 0.25) is 0 Å². The number of carbonyl (C=O) groups is 1. The Kier molecular flexibility index (Phi) is 3.64. The number of amides is 1. The molecule has 0 unspecified atom stereocenters. The maximum atomic E-state index is 12.2. The quantitative estimate of drug-likeness (QED) is 0.846. The average Bonchev–Trinajstić information content (AvgIpc) is 2.46. The molecule has 1 saturated heterocycles. The van der Waals surface area contributed by atoms with E-state index < -0.39 is 0 Å². The Bertz CT molecular complexity index is 564. The summed E-state index contributed by atoms with van der Waals surface area (Å²) in [6, 6.07) is 5.52. The van der Waals surface area contributed by atoms with Crippen LogP contribution in [0.4, 0.5) is 0 Å². The maximum absolute atomic E-state index is 12.2. The molecule has 1 amide bonds. The van der Waals surface area contributed by atoms with Crippen molar-refractivity contribution in [3.8, 4) is 0 Å². The van der Waals surface area contributed by atoms with Gasteiger partial charge in [-0.3, -0.25) is 9.59 Å². The summed E-state index contributed by atoms with van der Waals surface area (Å²) in [5.41, 5.74) is 1.21. The van der Waals surface area contributed by atoms with Gasteiger partial charge in [-0.2, -0.15) is 0 Å². The van der Waals surface area contributed by atoms with Gasteiger partial charge in [0.2, 0.25) is 5.91 Å². The number of pyridine rings is 1. The highest BCUT2D eigenvalue weighted by Gasteiger charge is 2.35. The highest BCUT2D eigenvalue weighted by molar-refractivity contribution is 5.76. The van der Waals surface area contributed by atoms with E-state index in [2.05, 4.69) is 6.92 Å². The second-order valence-corrected chi connectivity index (χ2v) is 6.10. The van der Waals surface area contributed by atoms with E-state index >= 15 is 0 Å². The van der Waals surface area contributed by atoms with Crippen molar-refractivity contribution in [3.63, 3.8) is 0 Å². The van der Waals surface area contributed by atoms with Crippen LogP contribution < -0.4 is 5.56 Å². The third-order valence-corrected chi connectivity index (χ3v) is 4.58. The zero-order valence-corrected chi connectivity index (χ0v) is 12.0. The van der Waals surface area contributed by atoms with Gasteiger partial charge in [0.05, 0.1) is 0 Å². The Morgan fingerprint density at radius 1 is 1.30 bits per heavy atom. The summed E-state index contributed by atoms with van der Waals surface area (Å²) in [6.45, 7) is 4.48. The molecule has 20 heavy (non-hydrogen) atoms. The summed E-state index contributed by atoms with van der Waals surface area (Å²) in [5, 5.41) is 0. The molecule has 1 fully saturated rings. The third-order valence-electron chi connectivity index (χ3n) is 4.58. The smallest absolute Gasteiger partial charge is 0.250 e. The second-order valence-electron chi connectivity index (χ2n) is 6.10. The van der Waals surface area contributed by atoms with E-state index in [1.807, 2.05) is 21.6 Å². The average molecular weight is 274 g/mol. The SMILES string of the molecule is CCCCC(=O)N1C[C@@H]2C[C@@H](C1)c1cccc(=O)n1C2. The molecular weight excluding hydrogens is 252 g/mol. The number of piperidine rings is 1. The zero-order valence-electron chi connectivity index (χ0n) is 12.0. The normalized spacial score (nSPS) is 24.4. The van der Waals surface area contributed by atoms with Crippen molar-refractivity contribution >= 4 is 5.91 Å². The number of nitrogens with zero attached hydrogens (tertiary/aromatic N) is 2. The van der Waals surface area contributed by atoms with Crippen molar-refractivity contribution in [2.24, 2.45) is 5.92 Å². The van der Waals surface area contributed by atoms with Crippen LogP contribution in [0.1, 0.15) is 44.2 Å². The minimum atomic E-state index is 0.1000. The molecule has 0 saturated carbocycles. The first-order chi connectivity index (χ1) is 9.69. The van der Waals surface area contributed by atoms with Gasteiger partial charge in [0.25, 0.3) is 5.56 Å². The Labute approximate surface area is 119 Å². The number of hydrogen-bond acceptors (Lipinski definition) is 2. The van der Waals surface area contributed by atoms with Gasteiger partial charge in [-0.05, 0) is 24.8 Å². The van der Waals surface area contributed by atoms with Crippen LogP contribution in [0.15, 0.2) is 23.0 Å². The van der Waals surface area contributed by atoms with E-state index in [0.29, 0.717) is 18.3 Å². The number of unbranched alkanes of at least 4 members (excludes halogenated alkanes) is 1. The van der Waals surface area contributed by atoms with Gasteiger partial charge >= 0.3 is 0 Å². The molecule has 0 radical (unpaired) electrons. The van der Waals surface area contributed by atoms with Crippen LogP contribution >= 0.6 is 0 Å². The fourth-order valence-corrected chi connectivity index (χ4v) is 3.59. The van der Waals surface area contributed by atoms with Crippen LogP contribution in [0.25, 0.3) is 0 Å². The maximum Gasteiger partial charge on any atom is 0.250 e. The molecule has 2 aliphatic heterocycles. The number of likely N-dealkylation sites (tertiary alicyclic amines) is 1. The highest BCUT2D eigenvalue weighted by Crippen LogP contribution is 2.35. The van der Waals surface area contributed by atoms with Gasteiger partial charge in [0, 0.05) is 43.7 Å². The number of carbonyl (C=O) groups excluding carboxylic acids is 1. The number of hydrogen-bond donors (Lipinski definition) is 0. The number of aromatic nitrogens is 1. The van der Waals surface area contributed by atoms with Gasteiger partial charge < -0.3 is 9.47 Å². The predicted molar refractivity (Wildman–Crippen MR) is 77.7 cm³/mol. The van der Waals surface area contributed by atoms with E-state index in [0.717, 1.165) is 44.6 Å². The molecule has 1 aromatic rings. The molecule has 4 nitrogen and oxygen atoms in total. The van der Waals surface area contributed by atoms with Gasteiger partial charge in [-0.25, -0.2) is 0 Å². The van der Waals surface area contributed by atoms with E-state index in [4.69, 9.17) is 0 Å². The van der Waals surface area contributed by atoms with Gasteiger partial charge in [-0.1, -0.05) is 19.4 Å². The molecule has 0 N–H and O–H groups in total. The first kappa shape index (κ1) is 13.4. The van der Waals surface area contributed by atoms with Crippen molar-refractivity contribution in [3.05, 3.63) is 34.2 Å².